The van der Waals surface area contributed by atoms with E-state index in [9.17, 15) is 5.11 Å². The average molecular weight is 190 g/mol. The Morgan fingerprint density at radius 3 is 2.93 bits per heavy atom. The summed E-state index contributed by atoms with van der Waals surface area (Å²) in [4.78, 5) is 4.38. The highest BCUT2D eigenvalue weighted by Crippen LogP contribution is 2.17. The predicted molar refractivity (Wildman–Crippen MR) is 57.9 cm³/mol. The molecular weight excluding hydrogens is 176 g/mol. The molecule has 0 amide bonds. The maximum Gasteiger partial charge on any atom is 0.117 e. The van der Waals surface area contributed by atoms with E-state index < -0.39 is 0 Å². The maximum atomic E-state index is 9.26. The van der Waals surface area contributed by atoms with Gasteiger partial charge in [0.1, 0.15) is 11.6 Å². The van der Waals surface area contributed by atoms with E-state index in [0.29, 0.717) is 0 Å². The van der Waals surface area contributed by atoms with Gasteiger partial charge in [-0.05, 0) is 25.0 Å². The van der Waals surface area contributed by atoms with Crippen LogP contribution in [0.4, 0.5) is 5.69 Å². The molecule has 0 saturated heterocycles. The molecule has 3 nitrogen and oxygen atoms in total. The second kappa shape index (κ2) is 4.13. The molecule has 1 aromatic carbocycles. The van der Waals surface area contributed by atoms with Crippen molar-refractivity contribution in [1.29, 1.82) is 0 Å². The molecule has 0 atom stereocenters. The molecule has 0 aliphatic carbocycles. The quantitative estimate of drug-likeness (QED) is 0.714. The van der Waals surface area contributed by atoms with Crippen molar-refractivity contribution in [1.82, 2.24) is 0 Å². The number of nitrogens with one attached hydrogen (secondary N) is 1. The van der Waals surface area contributed by atoms with Crippen LogP contribution >= 0.6 is 0 Å². The first kappa shape index (κ1) is 9.06. The van der Waals surface area contributed by atoms with Crippen LogP contribution in [-0.2, 0) is 0 Å². The summed E-state index contributed by atoms with van der Waals surface area (Å²) < 4.78 is 0. The zero-order valence-electron chi connectivity index (χ0n) is 8.03. The van der Waals surface area contributed by atoms with Crippen molar-refractivity contribution in [2.24, 2.45) is 4.99 Å². The molecule has 1 aliphatic heterocycles. The highest BCUT2D eigenvalue weighted by atomic mass is 16.3. The molecule has 3 heteroatoms. The number of nitrogens with zero attached hydrogens (tertiary/aromatic N) is 1. The molecule has 2 N–H and O–H groups in total. The SMILES string of the molecule is Oc1cccc(NC2=NCCCC2)c1. The molecular formula is C11H14N2O. The fourth-order valence-electron chi connectivity index (χ4n) is 1.55. The van der Waals surface area contributed by atoms with Crippen molar-refractivity contribution in [3.05, 3.63) is 24.3 Å². The Bertz CT molecular complexity index is 347. The van der Waals surface area contributed by atoms with Gasteiger partial charge in [0.15, 0.2) is 0 Å². The molecule has 2 rings (SSSR count). The normalized spacial score (nSPS) is 16.1. The topological polar surface area (TPSA) is 44.6 Å². The van der Waals surface area contributed by atoms with Gasteiger partial charge >= 0.3 is 0 Å². The van der Waals surface area contributed by atoms with Crippen molar-refractivity contribution >= 4 is 11.5 Å². The van der Waals surface area contributed by atoms with Crippen LogP contribution in [0.2, 0.25) is 0 Å². The monoisotopic (exact) mass is 190 g/mol. The molecule has 74 valence electrons. The first-order valence-corrected chi connectivity index (χ1v) is 4.94. The van der Waals surface area contributed by atoms with Gasteiger partial charge in [0, 0.05) is 24.7 Å². The van der Waals surface area contributed by atoms with Gasteiger partial charge in [-0.1, -0.05) is 6.07 Å². The Hall–Kier alpha value is -1.51. The van der Waals surface area contributed by atoms with E-state index in [1.807, 2.05) is 12.1 Å². The lowest BCUT2D eigenvalue weighted by Gasteiger charge is -2.13. The van der Waals surface area contributed by atoms with Crippen LogP contribution in [0.5, 0.6) is 5.75 Å². The van der Waals surface area contributed by atoms with E-state index in [1.54, 1.807) is 12.1 Å². The molecule has 0 saturated carbocycles. The summed E-state index contributed by atoms with van der Waals surface area (Å²) >= 11 is 0. The minimum Gasteiger partial charge on any atom is -0.508 e. The number of anilines is 1. The number of hydrogen-bond donors (Lipinski definition) is 2. The standard InChI is InChI=1S/C11H14N2O/c14-10-5-3-4-9(8-10)13-11-6-1-2-7-12-11/h3-5,8,14H,1-2,6-7H2,(H,12,13). The Kier molecular flexibility index (Phi) is 2.68. The molecule has 14 heavy (non-hydrogen) atoms. The van der Waals surface area contributed by atoms with Gasteiger partial charge in [-0.3, -0.25) is 4.99 Å². The van der Waals surface area contributed by atoms with Gasteiger partial charge in [0.05, 0.1) is 0 Å². The molecule has 0 aromatic heterocycles. The van der Waals surface area contributed by atoms with Crippen LogP contribution in [-0.4, -0.2) is 17.5 Å². The van der Waals surface area contributed by atoms with Crippen LogP contribution in [0.3, 0.4) is 0 Å². The average Bonchev–Trinajstić information content (AvgIpc) is 2.19. The third kappa shape index (κ3) is 2.25. The van der Waals surface area contributed by atoms with Crippen molar-refractivity contribution < 1.29 is 5.11 Å². The van der Waals surface area contributed by atoms with Crippen molar-refractivity contribution in [3.63, 3.8) is 0 Å². The number of phenols is 1. The van der Waals surface area contributed by atoms with Crippen molar-refractivity contribution in [2.45, 2.75) is 19.3 Å². The minimum atomic E-state index is 0.284. The number of aromatic hydroxyl groups is 1. The lowest BCUT2D eigenvalue weighted by atomic mass is 10.2. The highest BCUT2D eigenvalue weighted by Gasteiger charge is 2.04. The summed E-state index contributed by atoms with van der Waals surface area (Å²) in [5, 5.41) is 12.5. The number of amidine groups is 1. The Balaban J connectivity index is 2.06. The lowest BCUT2D eigenvalue weighted by Crippen LogP contribution is -2.15. The number of hydrogen-bond acceptors (Lipinski definition) is 3. The molecule has 1 aliphatic rings. The third-order valence-electron chi connectivity index (χ3n) is 2.26. The van der Waals surface area contributed by atoms with E-state index in [1.165, 1.54) is 12.8 Å². The zero-order valence-corrected chi connectivity index (χ0v) is 8.03. The minimum absolute atomic E-state index is 0.284. The summed E-state index contributed by atoms with van der Waals surface area (Å²) in [6, 6.07) is 7.11. The van der Waals surface area contributed by atoms with Gasteiger partial charge in [0.25, 0.3) is 0 Å². The van der Waals surface area contributed by atoms with Crippen LogP contribution in [0.15, 0.2) is 29.3 Å². The Labute approximate surface area is 83.5 Å². The van der Waals surface area contributed by atoms with Crippen LogP contribution < -0.4 is 5.32 Å². The second-order valence-electron chi connectivity index (χ2n) is 3.46. The summed E-state index contributed by atoms with van der Waals surface area (Å²) in [5.74, 6) is 1.31. The number of rotatable bonds is 1. The van der Waals surface area contributed by atoms with Gasteiger partial charge in [-0.2, -0.15) is 0 Å². The first-order valence-electron chi connectivity index (χ1n) is 4.94. The van der Waals surface area contributed by atoms with Crippen LogP contribution in [0.1, 0.15) is 19.3 Å². The number of phenolic OH excluding ortho intramolecular Hbond substituents is 1. The number of aliphatic imine (C=N–C) groups is 1. The first-order chi connectivity index (χ1) is 6.84. The summed E-state index contributed by atoms with van der Waals surface area (Å²) in [7, 11) is 0. The molecule has 0 spiro atoms. The van der Waals surface area contributed by atoms with E-state index in [-0.39, 0.29) is 5.75 Å². The van der Waals surface area contributed by atoms with E-state index >= 15 is 0 Å². The fourth-order valence-corrected chi connectivity index (χ4v) is 1.55. The Morgan fingerprint density at radius 2 is 2.21 bits per heavy atom. The summed E-state index contributed by atoms with van der Waals surface area (Å²) in [6.07, 6.45) is 3.39. The van der Waals surface area contributed by atoms with Crippen molar-refractivity contribution in [2.75, 3.05) is 11.9 Å². The van der Waals surface area contributed by atoms with Gasteiger partial charge < -0.3 is 10.4 Å². The smallest absolute Gasteiger partial charge is 0.117 e. The molecule has 0 radical (unpaired) electrons. The van der Waals surface area contributed by atoms with Gasteiger partial charge in [0.2, 0.25) is 0 Å². The van der Waals surface area contributed by atoms with Gasteiger partial charge in [-0.25, -0.2) is 0 Å². The van der Waals surface area contributed by atoms with Crippen molar-refractivity contribution in [3.8, 4) is 5.75 Å². The largest absolute Gasteiger partial charge is 0.508 e. The predicted octanol–water partition coefficient (Wildman–Crippen LogP) is 2.39. The second-order valence-corrected chi connectivity index (χ2v) is 3.46. The third-order valence-corrected chi connectivity index (χ3v) is 2.26. The van der Waals surface area contributed by atoms with Crippen LogP contribution in [0.25, 0.3) is 0 Å². The zero-order chi connectivity index (χ0) is 9.80. The fraction of sp³-hybridized carbons (Fsp3) is 0.364. The van der Waals surface area contributed by atoms with Crippen LogP contribution in [0, 0.1) is 0 Å². The van der Waals surface area contributed by atoms with Gasteiger partial charge in [-0.15, -0.1) is 0 Å². The number of benzene rings is 1. The Morgan fingerprint density at radius 1 is 1.29 bits per heavy atom. The molecule has 0 unspecified atom stereocenters. The summed E-state index contributed by atoms with van der Waals surface area (Å²) in [5.41, 5.74) is 0.908. The molecule has 1 heterocycles. The highest BCUT2D eigenvalue weighted by molar-refractivity contribution is 5.95. The summed E-state index contributed by atoms with van der Waals surface area (Å²) in [6.45, 7) is 0.918. The molecule has 0 bridgehead atoms. The molecule has 0 fully saturated rings. The maximum absolute atomic E-state index is 9.26. The van der Waals surface area contributed by atoms with E-state index in [4.69, 9.17) is 0 Å². The van der Waals surface area contributed by atoms with E-state index in [0.717, 1.165) is 24.5 Å². The lowest BCUT2D eigenvalue weighted by molar-refractivity contribution is 0.475. The van der Waals surface area contributed by atoms with E-state index in [2.05, 4.69) is 10.3 Å². The molecule has 1 aromatic rings.